The highest BCUT2D eigenvalue weighted by atomic mass is 16.4. The van der Waals surface area contributed by atoms with Gasteiger partial charge in [-0.2, -0.15) is 0 Å². The fourth-order valence-corrected chi connectivity index (χ4v) is 3.23. The number of aliphatic carboxylic acids is 1. The van der Waals surface area contributed by atoms with E-state index in [4.69, 9.17) is 5.11 Å². The van der Waals surface area contributed by atoms with Gasteiger partial charge >= 0.3 is 5.97 Å². The summed E-state index contributed by atoms with van der Waals surface area (Å²) in [5.74, 6) is -0.905. The second kappa shape index (κ2) is 8.99. The van der Waals surface area contributed by atoms with Gasteiger partial charge in [0.05, 0.1) is 0 Å². The molecule has 3 rings (SSSR count). The number of nitrogens with one attached hydrogen (secondary N) is 1. The molecule has 0 saturated heterocycles. The Kier molecular flexibility index (Phi) is 6.21. The molecule has 0 atom stereocenters. The Morgan fingerprint density at radius 1 is 0.852 bits per heavy atom. The number of carboxylic acids is 1. The molecule has 0 bridgehead atoms. The van der Waals surface area contributed by atoms with Gasteiger partial charge in [0.2, 0.25) is 5.91 Å². The van der Waals surface area contributed by atoms with Gasteiger partial charge in [0.1, 0.15) is 0 Å². The van der Waals surface area contributed by atoms with Crippen LogP contribution < -0.4 is 5.32 Å². The van der Waals surface area contributed by atoms with Gasteiger partial charge in [-0.1, -0.05) is 67.1 Å². The Balaban J connectivity index is 1.69. The van der Waals surface area contributed by atoms with Crippen LogP contribution in [0.1, 0.15) is 36.8 Å². The lowest BCUT2D eigenvalue weighted by molar-refractivity contribution is -0.137. The van der Waals surface area contributed by atoms with E-state index < -0.39 is 5.97 Å². The molecule has 0 radical (unpaired) electrons. The molecule has 4 nitrogen and oxygen atoms in total. The van der Waals surface area contributed by atoms with E-state index in [1.54, 1.807) is 6.08 Å². The van der Waals surface area contributed by atoms with E-state index in [9.17, 15) is 9.59 Å². The van der Waals surface area contributed by atoms with E-state index in [2.05, 4.69) is 23.5 Å². The number of allylic oxidation sites excluding steroid dienone is 2. The summed E-state index contributed by atoms with van der Waals surface area (Å²) >= 11 is 0. The highest BCUT2D eigenvalue weighted by molar-refractivity contribution is 6.02. The average Bonchev–Trinajstić information content (AvgIpc) is 2.82. The van der Waals surface area contributed by atoms with Crippen LogP contribution in [0.3, 0.4) is 0 Å². The third-order valence-electron chi connectivity index (χ3n) is 4.58. The van der Waals surface area contributed by atoms with Crippen LogP contribution in [-0.4, -0.2) is 23.5 Å². The van der Waals surface area contributed by atoms with Gasteiger partial charge in [0.15, 0.2) is 0 Å². The van der Waals surface area contributed by atoms with Crippen molar-refractivity contribution in [2.24, 2.45) is 0 Å². The Morgan fingerprint density at radius 2 is 1.56 bits per heavy atom. The lowest BCUT2D eigenvalue weighted by Gasteiger charge is -2.10. The molecule has 1 aliphatic carbocycles. The largest absolute Gasteiger partial charge is 0.481 e. The minimum atomic E-state index is -0.774. The molecule has 1 amide bonds. The smallest absolute Gasteiger partial charge is 0.303 e. The minimum Gasteiger partial charge on any atom is -0.481 e. The van der Waals surface area contributed by atoms with Crippen LogP contribution in [-0.2, 0) is 9.59 Å². The van der Waals surface area contributed by atoms with E-state index in [1.165, 1.54) is 0 Å². The van der Waals surface area contributed by atoms with Crippen molar-refractivity contribution >= 4 is 23.5 Å². The molecule has 4 heteroatoms. The molecule has 0 aliphatic heterocycles. The summed E-state index contributed by atoms with van der Waals surface area (Å²) in [5, 5.41) is 11.5. The van der Waals surface area contributed by atoms with Gasteiger partial charge in [0.25, 0.3) is 0 Å². The predicted molar refractivity (Wildman–Crippen MR) is 108 cm³/mol. The SMILES string of the molecule is O=C(O)CCCCCNC(=O)C=C1C=Cc2ccccc2-c2ccccc21. The molecule has 0 fully saturated rings. The van der Waals surface area contributed by atoms with Gasteiger partial charge < -0.3 is 10.4 Å². The predicted octanol–water partition coefficient (Wildman–Crippen LogP) is 4.53. The van der Waals surface area contributed by atoms with Crippen molar-refractivity contribution in [2.75, 3.05) is 6.54 Å². The molecule has 0 aromatic heterocycles. The molecule has 2 aromatic rings. The number of carboxylic acid groups (broad SMARTS) is 1. The number of unbranched alkanes of at least 4 members (excludes halogenated alkanes) is 2. The number of rotatable bonds is 7. The van der Waals surface area contributed by atoms with E-state index in [0.717, 1.165) is 40.7 Å². The summed E-state index contributed by atoms with van der Waals surface area (Å²) in [7, 11) is 0. The van der Waals surface area contributed by atoms with Gasteiger partial charge in [-0.15, -0.1) is 0 Å². The van der Waals surface area contributed by atoms with Crippen LogP contribution in [0.25, 0.3) is 22.8 Å². The second-order valence-corrected chi connectivity index (χ2v) is 6.56. The standard InChI is InChI=1S/C23H23NO3/c25-22(24-15-7-1-2-12-23(26)27)16-18-14-13-17-8-3-4-9-19(17)21-11-6-5-10-20(18)21/h3-6,8-11,13-14,16H,1-2,7,12,15H2,(H,24,25)(H,26,27). The van der Waals surface area contributed by atoms with Crippen LogP contribution in [0.4, 0.5) is 0 Å². The van der Waals surface area contributed by atoms with Crippen molar-refractivity contribution in [3.8, 4) is 11.1 Å². The van der Waals surface area contributed by atoms with E-state index >= 15 is 0 Å². The number of carbonyl (C=O) groups excluding carboxylic acids is 1. The number of fused-ring (bicyclic) bond motifs is 3. The van der Waals surface area contributed by atoms with Gasteiger partial charge in [-0.05, 0) is 40.7 Å². The van der Waals surface area contributed by atoms with Crippen molar-refractivity contribution < 1.29 is 14.7 Å². The van der Waals surface area contributed by atoms with E-state index in [0.29, 0.717) is 13.0 Å². The maximum atomic E-state index is 12.3. The van der Waals surface area contributed by atoms with Crippen molar-refractivity contribution in [3.05, 3.63) is 71.8 Å². The molecule has 0 unspecified atom stereocenters. The third kappa shape index (κ3) is 4.94. The van der Waals surface area contributed by atoms with Gasteiger partial charge in [-0.3, -0.25) is 9.59 Å². The summed E-state index contributed by atoms with van der Waals surface area (Å²) in [6, 6.07) is 16.3. The molecule has 138 valence electrons. The molecule has 2 aromatic carbocycles. The van der Waals surface area contributed by atoms with Gasteiger partial charge in [0, 0.05) is 19.0 Å². The van der Waals surface area contributed by atoms with E-state index in [-0.39, 0.29) is 12.3 Å². The molecule has 0 saturated carbocycles. The Bertz CT molecular complexity index is 896. The van der Waals surface area contributed by atoms with Crippen LogP contribution in [0, 0.1) is 0 Å². The first-order valence-electron chi connectivity index (χ1n) is 9.23. The zero-order valence-electron chi connectivity index (χ0n) is 15.2. The summed E-state index contributed by atoms with van der Waals surface area (Å²) in [4.78, 5) is 22.8. The first-order chi connectivity index (χ1) is 13.1. The maximum absolute atomic E-state index is 12.3. The Morgan fingerprint density at radius 3 is 2.33 bits per heavy atom. The van der Waals surface area contributed by atoms with Crippen LogP contribution in [0.5, 0.6) is 0 Å². The normalized spacial score (nSPS) is 13.6. The Hall–Kier alpha value is -3.14. The van der Waals surface area contributed by atoms with Crippen molar-refractivity contribution in [1.29, 1.82) is 0 Å². The van der Waals surface area contributed by atoms with Gasteiger partial charge in [-0.25, -0.2) is 0 Å². The van der Waals surface area contributed by atoms with Crippen LogP contribution in [0.15, 0.2) is 60.7 Å². The summed E-state index contributed by atoms with van der Waals surface area (Å²) in [6.07, 6.45) is 8.05. The average molecular weight is 361 g/mol. The number of hydrogen-bond donors (Lipinski definition) is 2. The fourth-order valence-electron chi connectivity index (χ4n) is 3.23. The highest BCUT2D eigenvalue weighted by Crippen LogP contribution is 2.35. The first-order valence-corrected chi connectivity index (χ1v) is 9.23. The topological polar surface area (TPSA) is 66.4 Å². The summed E-state index contributed by atoms with van der Waals surface area (Å²) in [6.45, 7) is 0.549. The van der Waals surface area contributed by atoms with Crippen molar-refractivity contribution in [3.63, 3.8) is 0 Å². The quantitative estimate of drug-likeness (QED) is 0.563. The number of hydrogen-bond acceptors (Lipinski definition) is 2. The lowest BCUT2D eigenvalue weighted by atomic mass is 9.94. The van der Waals surface area contributed by atoms with E-state index in [1.807, 2.05) is 42.5 Å². The fraction of sp³-hybridized carbons (Fsp3) is 0.217. The zero-order valence-corrected chi connectivity index (χ0v) is 15.2. The number of benzene rings is 2. The number of carbonyl (C=O) groups is 2. The Labute approximate surface area is 159 Å². The molecule has 0 heterocycles. The first kappa shape index (κ1) is 18.6. The maximum Gasteiger partial charge on any atom is 0.303 e. The third-order valence-corrected chi connectivity index (χ3v) is 4.58. The molecular weight excluding hydrogens is 338 g/mol. The monoisotopic (exact) mass is 361 g/mol. The molecule has 0 spiro atoms. The highest BCUT2D eigenvalue weighted by Gasteiger charge is 2.14. The number of amides is 1. The molecule has 2 N–H and O–H groups in total. The second-order valence-electron chi connectivity index (χ2n) is 6.56. The van der Waals surface area contributed by atoms with Crippen molar-refractivity contribution in [1.82, 2.24) is 5.32 Å². The summed E-state index contributed by atoms with van der Waals surface area (Å²) in [5.41, 5.74) is 5.32. The summed E-state index contributed by atoms with van der Waals surface area (Å²) < 4.78 is 0. The lowest BCUT2D eigenvalue weighted by Crippen LogP contribution is -2.22. The molecular formula is C23H23NO3. The van der Waals surface area contributed by atoms with Crippen molar-refractivity contribution in [2.45, 2.75) is 25.7 Å². The molecule has 1 aliphatic rings. The molecule has 27 heavy (non-hydrogen) atoms. The van der Waals surface area contributed by atoms with Crippen LogP contribution in [0.2, 0.25) is 0 Å². The zero-order chi connectivity index (χ0) is 19.1. The minimum absolute atomic E-state index is 0.131. The van der Waals surface area contributed by atoms with Crippen LogP contribution >= 0.6 is 0 Å².